The first kappa shape index (κ1) is 62.6. The van der Waals surface area contributed by atoms with Gasteiger partial charge < -0.3 is 28.8 Å². The van der Waals surface area contributed by atoms with E-state index in [0.717, 1.165) is 128 Å². The molecule has 0 aliphatic heterocycles. The number of unbranched alkanes of at least 4 members (excludes halogenated alkanes) is 11. The fourth-order valence-electron chi connectivity index (χ4n) is 6.31. The lowest BCUT2D eigenvalue weighted by Gasteiger charge is -2.29. The highest BCUT2D eigenvalue weighted by molar-refractivity contribution is 7.45. The first-order chi connectivity index (χ1) is 32.0. The molecule has 0 radical (unpaired) electrons. The molecule has 0 aromatic heterocycles. The van der Waals surface area contributed by atoms with Gasteiger partial charge in [-0.2, -0.15) is 0 Å². The molecule has 3 atom stereocenters. The summed E-state index contributed by atoms with van der Waals surface area (Å²) in [5, 5.41) is 13.8. The lowest BCUT2D eigenvalue weighted by Crippen LogP contribution is -2.45. The fourth-order valence-corrected chi connectivity index (χ4v) is 7.04. The van der Waals surface area contributed by atoms with Crippen molar-refractivity contribution in [3.05, 3.63) is 134 Å². The van der Waals surface area contributed by atoms with Crippen LogP contribution in [0.15, 0.2) is 134 Å². The molecule has 0 bridgehead atoms. The number of nitrogens with zero attached hydrogens (tertiary/aromatic N) is 1. The Morgan fingerprint density at radius 3 is 1.41 bits per heavy atom. The van der Waals surface area contributed by atoms with Gasteiger partial charge in [-0.05, 0) is 109 Å². The second-order valence-corrected chi connectivity index (χ2v) is 19.2. The Morgan fingerprint density at radius 1 is 0.545 bits per heavy atom. The first-order valence-corrected chi connectivity index (χ1v) is 27.0. The SMILES string of the molecule is CC/C=C\C/C=C\C/C=C\C/C=C\C/C=C\C/C=C\C/C=C\C/C=C\CCCCCCCCC(=O)NC(COP(=O)([O-])OCC[N+](C)(C)C)C(O)/C=C/CC/C=C/CC/C=C/CCCCC. The molecule has 0 saturated heterocycles. The van der Waals surface area contributed by atoms with Gasteiger partial charge in [0.05, 0.1) is 39.9 Å². The molecule has 0 aromatic rings. The van der Waals surface area contributed by atoms with Crippen LogP contribution in [-0.4, -0.2) is 68.5 Å². The summed E-state index contributed by atoms with van der Waals surface area (Å²) in [4.78, 5) is 25.4. The third-order valence-corrected chi connectivity index (χ3v) is 11.3. The van der Waals surface area contributed by atoms with Gasteiger partial charge in [-0.15, -0.1) is 0 Å². The number of allylic oxidation sites excluding steroid dienone is 21. The normalized spacial score (nSPS) is 15.2. The second kappa shape index (κ2) is 46.7. The summed E-state index contributed by atoms with van der Waals surface area (Å²) in [6.45, 7) is 4.42. The van der Waals surface area contributed by atoms with E-state index in [1.807, 2.05) is 27.2 Å². The van der Waals surface area contributed by atoms with Crippen LogP contribution < -0.4 is 10.2 Å². The largest absolute Gasteiger partial charge is 0.756 e. The highest BCUT2D eigenvalue weighted by Crippen LogP contribution is 2.38. The second-order valence-electron chi connectivity index (χ2n) is 17.8. The van der Waals surface area contributed by atoms with Gasteiger partial charge in [0.2, 0.25) is 5.91 Å². The first-order valence-electron chi connectivity index (χ1n) is 25.5. The molecule has 8 nitrogen and oxygen atoms in total. The van der Waals surface area contributed by atoms with Crippen molar-refractivity contribution < 1.29 is 32.9 Å². The van der Waals surface area contributed by atoms with Crippen molar-refractivity contribution in [2.24, 2.45) is 0 Å². The van der Waals surface area contributed by atoms with Crippen molar-refractivity contribution in [3.8, 4) is 0 Å². The van der Waals surface area contributed by atoms with Crippen LogP contribution in [0.4, 0.5) is 0 Å². The Bertz CT molecular complexity index is 1530. The number of carbonyl (C=O) groups is 1. The molecule has 66 heavy (non-hydrogen) atoms. The average molecular weight is 935 g/mol. The predicted octanol–water partition coefficient (Wildman–Crippen LogP) is 14.6. The number of carbonyl (C=O) groups excluding carboxylic acids is 1. The number of likely N-dealkylation sites (N-methyl/N-ethyl adjacent to an activating group) is 1. The van der Waals surface area contributed by atoms with Gasteiger partial charge >= 0.3 is 0 Å². The lowest BCUT2D eigenvalue weighted by atomic mass is 10.1. The zero-order valence-corrected chi connectivity index (χ0v) is 43.2. The van der Waals surface area contributed by atoms with Gasteiger partial charge in [-0.25, -0.2) is 0 Å². The Balaban J connectivity index is 4.32. The maximum absolute atomic E-state index is 12.9. The quantitative estimate of drug-likeness (QED) is 0.0273. The molecule has 0 rings (SSSR count). The Kier molecular flexibility index (Phi) is 44.4. The molecule has 3 unspecified atom stereocenters. The number of rotatable bonds is 44. The van der Waals surface area contributed by atoms with Gasteiger partial charge in [0, 0.05) is 6.42 Å². The fraction of sp³-hybridized carbons (Fsp3) is 0.596. The van der Waals surface area contributed by atoms with Crippen molar-refractivity contribution in [2.75, 3.05) is 40.9 Å². The smallest absolute Gasteiger partial charge is 0.268 e. The van der Waals surface area contributed by atoms with E-state index < -0.39 is 26.6 Å². The van der Waals surface area contributed by atoms with E-state index in [-0.39, 0.29) is 12.5 Å². The van der Waals surface area contributed by atoms with Gasteiger partial charge in [0.15, 0.2) is 0 Å². The number of phosphoric ester groups is 1. The summed E-state index contributed by atoms with van der Waals surface area (Å²) < 4.78 is 23.2. The minimum Gasteiger partial charge on any atom is -0.756 e. The standard InChI is InChI=1S/C57H95N2O6P/c1-6-8-10-12-14-16-18-20-21-22-23-24-25-26-27-28-29-30-31-32-33-34-35-36-37-39-41-43-45-47-49-51-57(61)58-55(54-65-66(62,63)64-53-52-59(3,4)5)56(60)50-48-46-44-42-40-38-19-17-15-13-11-9-7-2/h8,10,14-17,20-21,23-24,26-27,29-30,32-33,35-36,40,42,48,50,55-56,60H,6-7,9,11-13,18-19,22,25,28,31,34,37-39,41,43-47,49,51-54H2,1-5H3,(H-,58,61,62,63)/b10-8-,16-14-,17-15+,21-20-,24-23-,27-26-,30-29-,33-32-,36-35-,42-40+,50-48+. The number of hydrogen-bond acceptors (Lipinski definition) is 6. The van der Waals surface area contributed by atoms with Crippen molar-refractivity contribution in [3.63, 3.8) is 0 Å². The molecule has 0 aliphatic carbocycles. The summed E-state index contributed by atoms with van der Waals surface area (Å²) in [7, 11) is 1.20. The Labute approximate surface area is 405 Å². The number of amides is 1. The van der Waals surface area contributed by atoms with Gasteiger partial charge in [-0.3, -0.25) is 9.36 Å². The van der Waals surface area contributed by atoms with Gasteiger partial charge in [0.1, 0.15) is 13.2 Å². The number of nitrogens with one attached hydrogen (secondary N) is 1. The summed E-state index contributed by atoms with van der Waals surface area (Å²) in [6.07, 6.45) is 70.9. The van der Waals surface area contributed by atoms with E-state index in [0.29, 0.717) is 17.4 Å². The van der Waals surface area contributed by atoms with Crippen molar-refractivity contribution >= 4 is 13.7 Å². The summed E-state index contributed by atoms with van der Waals surface area (Å²) in [5.74, 6) is -0.235. The average Bonchev–Trinajstić information content (AvgIpc) is 3.28. The van der Waals surface area contributed by atoms with Crippen molar-refractivity contribution in [1.82, 2.24) is 5.32 Å². The molecule has 0 heterocycles. The van der Waals surface area contributed by atoms with E-state index in [1.54, 1.807) is 6.08 Å². The number of hydrogen-bond donors (Lipinski definition) is 2. The highest BCUT2D eigenvalue weighted by atomic mass is 31.2. The molecular formula is C57H95N2O6P. The van der Waals surface area contributed by atoms with Crippen molar-refractivity contribution in [1.29, 1.82) is 0 Å². The summed E-state index contributed by atoms with van der Waals surface area (Å²) >= 11 is 0. The molecule has 1 amide bonds. The molecule has 0 fully saturated rings. The van der Waals surface area contributed by atoms with Crippen LogP contribution in [0.1, 0.15) is 168 Å². The summed E-state index contributed by atoms with van der Waals surface area (Å²) in [6, 6.07) is -0.927. The van der Waals surface area contributed by atoms with Crippen molar-refractivity contribution in [2.45, 2.75) is 180 Å². The summed E-state index contributed by atoms with van der Waals surface area (Å²) in [5.41, 5.74) is 0. The van der Waals surface area contributed by atoms with E-state index in [9.17, 15) is 19.4 Å². The third kappa shape index (κ3) is 48.6. The Hall–Kier alpha value is -3.36. The maximum atomic E-state index is 12.9. The van der Waals surface area contributed by atoms with E-state index in [4.69, 9.17) is 9.05 Å². The predicted molar refractivity (Wildman–Crippen MR) is 283 cm³/mol. The van der Waals surface area contributed by atoms with Crippen LogP contribution in [-0.2, 0) is 18.4 Å². The molecule has 0 aliphatic rings. The minimum absolute atomic E-state index is 0.0202. The van der Waals surface area contributed by atoms with Crippen LogP contribution in [0.5, 0.6) is 0 Å². The van der Waals surface area contributed by atoms with Gasteiger partial charge in [0.25, 0.3) is 7.82 Å². The molecule has 0 aromatic carbocycles. The molecule has 0 saturated carbocycles. The number of aliphatic hydroxyl groups excluding tert-OH is 1. The van der Waals surface area contributed by atoms with E-state index >= 15 is 0 Å². The maximum Gasteiger partial charge on any atom is 0.268 e. The third-order valence-electron chi connectivity index (χ3n) is 10.3. The van der Waals surface area contributed by atoms with Crippen LogP contribution in [0.25, 0.3) is 0 Å². The lowest BCUT2D eigenvalue weighted by molar-refractivity contribution is -0.870. The number of phosphoric acid groups is 1. The number of quaternary nitrogens is 1. The van der Waals surface area contributed by atoms with Crippen LogP contribution in [0.3, 0.4) is 0 Å². The molecular weight excluding hydrogens is 840 g/mol. The molecule has 374 valence electrons. The Morgan fingerprint density at radius 2 is 0.939 bits per heavy atom. The highest BCUT2D eigenvalue weighted by Gasteiger charge is 2.23. The van der Waals surface area contributed by atoms with Crippen LogP contribution >= 0.6 is 7.82 Å². The molecule has 0 spiro atoms. The van der Waals surface area contributed by atoms with E-state index in [2.05, 4.69) is 141 Å². The topological polar surface area (TPSA) is 108 Å². The van der Waals surface area contributed by atoms with Gasteiger partial charge in [-0.1, -0.05) is 186 Å². The number of aliphatic hydroxyl groups is 1. The molecule has 9 heteroatoms. The zero-order valence-electron chi connectivity index (χ0n) is 42.3. The zero-order chi connectivity index (χ0) is 48.5. The minimum atomic E-state index is -4.62. The van der Waals surface area contributed by atoms with Crippen LogP contribution in [0, 0.1) is 0 Å². The van der Waals surface area contributed by atoms with E-state index in [1.165, 1.54) is 19.3 Å². The van der Waals surface area contributed by atoms with Crippen LogP contribution in [0.2, 0.25) is 0 Å². The molecule has 2 N–H and O–H groups in total. The monoisotopic (exact) mass is 935 g/mol.